The number of hydrogen-bond donors (Lipinski definition) is 1. The quantitative estimate of drug-likeness (QED) is 0.430. The smallest absolute Gasteiger partial charge is 0.271 e. The molecular formula is C16H12IN2O4-. The van der Waals surface area contributed by atoms with Crippen LogP contribution in [0.2, 0.25) is 0 Å². The molecule has 7 heteroatoms. The molecule has 0 spiro atoms. The molecule has 0 unspecified atom stereocenters. The lowest BCUT2D eigenvalue weighted by molar-refractivity contribution is -0.307. The summed E-state index contributed by atoms with van der Waals surface area (Å²) in [5.74, 6) is -1.32. The molecule has 0 bridgehead atoms. The Morgan fingerprint density at radius 3 is 2.57 bits per heavy atom. The van der Waals surface area contributed by atoms with Crippen LogP contribution >= 0.6 is 22.6 Å². The van der Waals surface area contributed by atoms with Crippen LogP contribution < -0.4 is 15.3 Å². The van der Waals surface area contributed by atoms with Crippen LogP contribution in [0.3, 0.4) is 0 Å². The van der Waals surface area contributed by atoms with Gasteiger partial charge in [0.2, 0.25) is 0 Å². The minimum atomic E-state index is -1.32. The number of carboxylic acids is 1. The van der Waals surface area contributed by atoms with E-state index in [0.29, 0.717) is 16.9 Å². The number of hydrazone groups is 1. The molecule has 118 valence electrons. The fourth-order valence-corrected chi connectivity index (χ4v) is 2.04. The maximum Gasteiger partial charge on any atom is 0.271 e. The van der Waals surface area contributed by atoms with Gasteiger partial charge in [0.1, 0.15) is 12.4 Å². The summed E-state index contributed by atoms with van der Waals surface area (Å²) in [4.78, 5) is 22.3. The van der Waals surface area contributed by atoms with Crippen LogP contribution in [0.4, 0.5) is 0 Å². The van der Waals surface area contributed by atoms with Gasteiger partial charge in [-0.15, -0.1) is 0 Å². The number of halogens is 1. The summed E-state index contributed by atoms with van der Waals surface area (Å²) < 4.78 is 6.12. The van der Waals surface area contributed by atoms with Crippen molar-refractivity contribution in [3.05, 3.63) is 63.2 Å². The van der Waals surface area contributed by atoms with E-state index >= 15 is 0 Å². The highest BCUT2D eigenvalue weighted by atomic mass is 127. The van der Waals surface area contributed by atoms with Crippen molar-refractivity contribution in [2.45, 2.75) is 0 Å². The zero-order valence-corrected chi connectivity index (χ0v) is 14.0. The van der Waals surface area contributed by atoms with Crippen molar-refractivity contribution in [2.24, 2.45) is 5.10 Å². The molecule has 2 aromatic carbocycles. The molecule has 0 aromatic heterocycles. The first-order valence-electron chi connectivity index (χ1n) is 6.57. The Labute approximate surface area is 146 Å². The summed E-state index contributed by atoms with van der Waals surface area (Å²) in [5, 5.41) is 14.3. The molecule has 0 aliphatic heterocycles. The van der Waals surface area contributed by atoms with Crippen molar-refractivity contribution in [3.63, 3.8) is 0 Å². The van der Waals surface area contributed by atoms with Gasteiger partial charge in [-0.05, 0) is 59.0 Å². The Morgan fingerprint density at radius 1 is 1.17 bits per heavy atom. The van der Waals surface area contributed by atoms with E-state index in [1.807, 2.05) is 12.1 Å². The van der Waals surface area contributed by atoms with Gasteiger partial charge in [-0.3, -0.25) is 4.79 Å². The second-order valence-electron chi connectivity index (χ2n) is 4.40. The second-order valence-corrected chi connectivity index (χ2v) is 5.65. The summed E-state index contributed by atoms with van der Waals surface area (Å²) in [5.41, 5.74) is 3.43. The van der Waals surface area contributed by atoms with E-state index in [1.165, 1.54) is 6.21 Å². The normalized spacial score (nSPS) is 10.5. The first-order chi connectivity index (χ1) is 11.1. The van der Waals surface area contributed by atoms with E-state index in [1.54, 1.807) is 36.4 Å². The molecule has 0 heterocycles. The lowest BCUT2D eigenvalue weighted by Gasteiger charge is -2.09. The zero-order chi connectivity index (χ0) is 16.7. The predicted molar refractivity (Wildman–Crippen MR) is 91.2 cm³/mol. The minimum Gasteiger partial charge on any atom is -0.546 e. The Hall–Kier alpha value is -2.42. The van der Waals surface area contributed by atoms with Crippen LogP contribution in [0.1, 0.15) is 15.9 Å². The van der Waals surface area contributed by atoms with Gasteiger partial charge in [0.15, 0.2) is 0 Å². The van der Waals surface area contributed by atoms with Gasteiger partial charge in [-0.1, -0.05) is 12.1 Å². The number of amides is 1. The van der Waals surface area contributed by atoms with Crippen LogP contribution in [-0.2, 0) is 4.79 Å². The highest BCUT2D eigenvalue weighted by Crippen LogP contribution is 2.15. The fraction of sp³-hybridized carbons (Fsp3) is 0.0625. The largest absolute Gasteiger partial charge is 0.546 e. The van der Waals surface area contributed by atoms with Crippen molar-refractivity contribution in [3.8, 4) is 5.75 Å². The first-order valence-corrected chi connectivity index (χ1v) is 7.65. The van der Waals surface area contributed by atoms with Crippen LogP contribution in [0.15, 0.2) is 53.6 Å². The lowest BCUT2D eigenvalue weighted by atomic mass is 10.2. The van der Waals surface area contributed by atoms with Crippen molar-refractivity contribution < 1.29 is 19.4 Å². The van der Waals surface area contributed by atoms with Crippen LogP contribution in [-0.4, -0.2) is 24.7 Å². The van der Waals surface area contributed by atoms with Gasteiger partial charge in [0.05, 0.1) is 12.2 Å². The number of hydrogen-bond acceptors (Lipinski definition) is 5. The lowest BCUT2D eigenvalue weighted by Crippen LogP contribution is -2.29. The van der Waals surface area contributed by atoms with Crippen molar-refractivity contribution >= 4 is 40.7 Å². The van der Waals surface area contributed by atoms with Gasteiger partial charge in [0, 0.05) is 14.7 Å². The number of carbonyl (C=O) groups is 2. The minimum absolute atomic E-state index is 0.337. The van der Waals surface area contributed by atoms with Gasteiger partial charge < -0.3 is 14.6 Å². The van der Waals surface area contributed by atoms with Crippen molar-refractivity contribution in [2.75, 3.05) is 6.61 Å². The summed E-state index contributed by atoms with van der Waals surface area (Å²) in [6.07, 6.45) is 1.38. The highest BCUT2D eigenvalue weighted by Gasteiger charge is 2.04. The number of nitrogens with one attached hydrogen (secondary N) is 1. The molecule has 2 aromatic rings. The molecule has 0 aliphatic rings. The topological polar surface area (TPSA) is 90.8 Å². The predicted octanol–water partition coefficient (Wildman–Crippen LogP) is 1.18. The van der Waals surface area contributed by atoms with E-state index in [4.69, 9.17) is 4.74 Å². The summed E-state index contributed by atoms with van der Waals surface area (Å²) in [6, 6.07) is 13.8. The number of para-hydroxylation sites is 1. The molecule has 0 atom stereocenters. The van der Waals surface area contributed by atoms with Crippen molar-refractivity contribution in [1.82, 2.24) is 5.43 Å². The number of carbonyl (C=O) groups excluding carboxylic acids is 2. The molecule has 0 aliphatic carbocycles. The van der Waals surface area contributed by atoms with Crippen LogP contribution in [0.5, 0.6) is 5.75 Å². The number of carboxylic acid groups (broad SMARTS) is 1. The second kappa shape index (κ2) is 8.28. The molecule has 6 nitrogen and oxygen atoms in total. The molecule has 0 saturated heterocycles. The molecule has 0 radical (unpaired) electrons. The maximum atomic E-state index is 11.9. The number of rotatable bonds is 6. The van der Waals surface area contributed by atoms with E-state index in [9.17, 15) is 14.7 Å². The highest BCUT2D eigenvalue weighted by molar-refractivity contribution is 14.1. The molecule has 0 fully saturated rings. The van der Waals surface area contributed by atoms with Gasteiger partial charge in [-0.25, -0.2) is 5.43 Å². The third-order valence-corrected chi connectivity index (χ3v) is 3.46. The van der Waals surface area contributed by atoms with Crippen LogP contribution in [0, 0.1) is 3.57 Å². The van der Waals surface area contributed by atoms with E-state index in [2.05, 4.69) is 33.1 Å². The summed E-state index contributed by atoms with van der Waals surface area (Å²) in [6.45, 7) is -0.556. The summed E-state index contributed by atoms with van der Waals surface area (Å²) >= 11 is 2.15. The first kappa shape index (κ1) is 16.9. The monoisotopic (exact) mass is 423 g/mol. The van der Waals surface area contributed by atoms with E-state index < -0.39 is 12.6 Å². The number of benzene rings is 2. The zero-order valence-electron chi connectivity index (χ0n) is 11.9. The van der Waals surface area contributed by atoms with E-state index in [-0.39, 0.29) is 5.91 Å². The number of aliphatic carboxylic acids is 1. The van der Waals surface area contributed by atoms with Gasteiger partial charge in [-0.2, -0.15) is 5.10 Å². The van der Waals surface area contributed by atoms with Gasteiger partial charge in [0.25, 0.3) is 5.91 Å². The standard InChI is InChI=1S/C16H13IN2O4/c17-13-7-5-11(6-8-13)16(22)19-18-9-12-3-1-2-4-14(12)23-10-15(20)21/h1-9H,10H2,(H,19,22)(H,20,21)/p-1/b18-9-. The summed E-state index contributed by atoms with van der Waals surface area (Å²) in [7, 11) is 0. The average molecular weight is 423 g/mol. The van der Waals surface area contributed by atoms with Crippen molar-refractivity contribution in [1.29, 1.82) is 0 Å². The maximum absolute atomic E-state index is 11.9. The number of ether oxygens (including phenoxy) is 1. The molecule has 0 saturated carbocycles. The van der Waals surface area contributed by atoms with Gasteiger partial charge >= 0.3 is 0 Å². The third kappa shape index (κ3) is 5.37. The Balaban J connectivity index is 2.01. The molecular weight excluding hydrogens is 411 g/mol. The molecule has 1 N–H and O–H groups in total. The van der Waals surface area contributed by atoms with Crippen LogP contribution in [0.25, 0.3) is 0 Å². The third-order valence-electron chi connectivity index (χ3n) is 2.74. The SMILES string of the molecule is O=C([O-])COc1ccccc1/C=N\NC(=O)c1ccc(I)cc1. The Morgan fingerprint density at radius 2 is 1.87 bits per heavy atom. The number of nitrogens with zero attached hydrogens (tertiary/aromatic N) is 1. The fourth-order valence-electron chi connectivity index (χ4n) is 1.68. The molecule has 23 heavy (non-hydrogen) atoms. The molecule has 2 rings (SSSR count). The van der Waals surface area contributed by atoms with E-state index in [0.717, 1.165) is 3.57 Å². The average Bonchev–Trinajstić information content (AvgIpc) is 2.54. The Kier molecular flexibility index (Phi) is 6.10. The molecule has 1 amide bonds. The Bertz CT molecular complexity index is 729.